The molecule has 5 nitrogen and oxygen atoms in total. The van der Waals surface area contributed by atoms with Gasteiger partial charge in [-0.3, -0.25) is 15.1 Å². The van der Waals surface area contributed by atoms with Crippen molar-refractivity contribution in [1.29, 1.82) is 0 Å². The van der Waals surface area contributed by atoms with Crippen molar-refractivity contribution < 1.29 is 14.1 Å². The first-order chi connectivity index (χ1) is 10.0. The smallest absolute Gasteiger partial charge is 0.272 e. The minimum Gasteiger partial charge on any atom is -0.453 e. The Morgan fingerprint density at radius 1 is 1.43 bits per heavy atom. The third kappa shape index (κ3) is 2.86. The predicted octanol–water partition coefficient (Wildman–Crippen LogP) is 4.29. The van der Waals surface area contributed by atoms with Gasteiger partial charge in [0.05, 0.1) is 25.7 Å². The highest BCUT2D eigenvalue weighted by Crippen LogP contribution is 2.45. The van der Waals surface area contributed by atoms with Gasteiger partial charge in [-0.15, -0.1) is 11.8 Å². The molecule has 0 amide bonds. The van der Waals surface area contributed by atoms with Gasteiger partial charge in [-0.25, -0.2) is 4.39 Å². The van der Waals surface area contributed by atoms with Crippen LogP contribution >= 0.6 is 27.7 Å². The molecule has 1 aromatic carbocycles. The summed E-state index contributed by atoms with van der Waals surface area (Å²) in [6.45, 7) is 0. The van der Waals surface area contributed by atoms with Crippen molar-refractivity contribution in [2.45, 2.75) is 15.5 Å². The standard InChI is InChI=1S/C13H8BrFN2O3S/c14-12-6-9-13(21-12)11(3-4-16-9)20-10-2-1-7(17(18)19)5-8(10)15/h1-5,12H,6H2. The summed E-state index contributed by atoms with van der Waals surface area (Å²) in [7, 11) is 0. The molecule has 0 spiro atoms. The zero-order valence-electron chi connectivity index (χ0n) is 10.5. The lowest BCUT2D eigenvalue weighted by atomic mass is 10.2. The van der Waals surface area contributed by atoms with Crippen LogP contribution in [0.1, 0.15) is 5.69 Å². The van der Waals surface area contributed by atoms with E-state index in [0.29, 0.717) is 5.75 Å². The van der Waals surface area contributed by atoms with E-state index in [1.54, 1.807) is 24.0 Å². The molecule has 0 N–H and O–H groups in total. The Kier molecular flexibility index (Phi) is 3.81. The molecule has 0 saturated heterocycles. The Labute approximate surface area is 131 Å². The Bertz CT molecular complexity index is 729. The zero-order chi connectivity index (χ0) is 15.0. The second-order valence-corrected chi connectivity index (χ2v) is 7.22. The number of non-ortho nitro benzene ring substituents is 1. The first kappa shape index (κ1) is 14.3. The van der Waals surface area contributed by atoms with Gasteiger partial charge in [-0.2, -0.15) is 0 Å². The van der Waals surface area contributed by atoms with Crippen LogP contribution in [0.2, 0.25) is 0 Å². The minimum absolute atomic E-state index is 0.0485. The number of fused-ring (bicyclic) bond motifs is 1. The molecule has 8 heteroatoms. The molecule has 2 aromatic rings. The van der Waals surface area contributed by atoms with Gasteiger partial charge in [0, 0.05) is 24.8 Å². The number of nitro benzene ring substituents is 1. The van der Waals surface area contributed by atoms with Gasteiger partial charge in [-0.1, -0.05) is 15.9 Å². The lowest BCUT2D eigenvalue weighted by molar-refractivity contribution is -0.385. The quantitative estimate of drug-likeness (QED) is 0.458. The van der Waals surface area contributed by atoms with Crippen LogP contribution in [0.4, 0.5) is 10.1 Å². The molecule has 0 saturated carbocycles. The van der Waals surface area contributed by atoms with E-state index in [2.05, 4.69) is 20.9 Å². The van der Waals surface area contributed by atoms with Crippen molar-refractivity contribution in [3.8, 4) is 11.5 Å². The second-order valence-electron chi connectivity index (χ2n) is 4.29. The Morgan fingerprint density at radius 2 is 2.24 bits per heavy atom. The average Bonchev–Trinajstić information content (AvgIpc) is 2.82. The van der Waals surface area contributed by atoms with Gasteiger partial charge in [0.2, 0.25) is 0 Å². The Balaban J connectivity index is 1.92. The number of alkyl halides is 1. The molecule has 0 bridgehead atoms. The van der Waals surface area contributed by atoms with Crippen molar-refractivity contribution >= 4 is 33.4 Å². The number of ether oxygens (including phenoxy) is 1. The highest BCUT2D eigenvalue weighted by atomic mass is 79.9. The van der Waals surface area contributed by atoms with Gasteiger partial charge in [0.25, 0.3) is 5.69 Å². The lowest BCUT2D eigenvalue weighted by Crippen LogP contribution is -1.95. The first-order valence-electron chi connectivity index (χ1n) is 5.95. The molecule has 1 aliphatic rings. The van der Waals surface area contributed by atoms with E-state index >= 15 is 0 Å². The summed E-state index contributed by atoms with van der Waals surface area (Å²) in [5.74, 6) is -0.319. The molecule has 108 valence electrons. The SMILES string of the molecule is O=[N+]([O-])c1ccc(Oc2ccnc3c2SC(Br)C3)c(F)c1. The van der Waals surface area contributed by atoms with E-state index in [4.69, 9.17) is 4.74 Å². The number of hydrogen-bond donors (Lipinski definition) is 0. The van der Waals surface area contributed by atoms with E-state index in [1.807, 2.05) is 0 Å². The largest absolute Gasteiger partial charge is 0.453 e. The molecule has 3 rings (SSSR count). The summed E-state index contributed by atoms with van der Waals surface area (Å²) in [6.07, 6.45) is 2.36. The highest BCUT2D eigenvalue weighted by molar-refractivity contribution is 9.11. The van der Waals surface area contributed by atoms with E-state index in [9.17, 15) is 14.5 Å². The number of pyridine rings is 1. The van der Waals surface area contributed by atoms with Crippen molar-refractivity contribution in [3.05, 3.63) is 52.1 Å². The molecular formula is C13H8BrFN2O3S. The molecule has 2 heterocycles. The highest BCUT2D eigenvalue weighted by Gasteiger charge is 2.25. The fraction of sp³-hybridized carbons (Fsp3) is 0.154. The van der Waals surface area contributed by atoms with Crippen LogP contribution in [0.15, 0.2) is 35.4 Å². The second kappa shape index (κ2) is 5.61. The van der Waals surface area contributed by atoms with E-state index < -0.39 is 10.7 Å². The molecule has 0 fully saturated rings. The third-order valence-corrected chi connectivity index (χ3v) is 4.87. The third-order valence-electron chi connectivity index (χ3n) is 2.89. The number of thioether (sulfide) groups is 1. The number of nitro groups is 1. The molecule has 1 atom stereocenters. The van der Waals surface area contributed by atoms with Gasteiger partial charge in [-0.05, 0) is 6.07 Å². The predicted molar refractivity (Wildman–Crippen MR) is 79.6 cm³/mol. The van der Waals surface area contributed by atoms with Gasteiger partial charge in [0.15, 0.2) is 11.6 Å². The number of halogens is 2. The summed E-state index contributed by atoms with van der Waals surface area (Å²) in [6, 6.07) is 4.96. The summed E-state index contributed by atoms with van der Waals surface area (Å²) >= 11 is 5.05. The molecule has 0 aliphatic carbocycles. The van der Waals surface area contributed by atoms with Crippen LogP contribution in [-0.2, 0) is 6.42 Å². The van der Waals surface area contributed by atoms with Gasteiger partial charge < -0.3 is 4.74 Å². The maximum Gasteiger partial charge on any atom is 0.272 e. The number of aromatic nitrogens is 1. The lowest BCUT2D eigenvalue weighted by Gasteiger charge is -2.09. The van der Waals surface area contributed by atoms with Crippen molar-refractivity contribution in [3.63, 3.8) is 0 Å². The van der Waals surface area contributed by atoms with E-state index in [1.165, 1.54) is 12.1 Å². The molecular weight excluding hydrogens is 363 g/mol. The molecule has 0 radical (unpaired) electrons. The van der Waals surface area contributed by atoms with Crippen LogP contribution in [0, 0.1) is 15.9 Å². The van der Waals surface area contributed by atoms with Crippen LogP contribution in [0.3, 0.4) is 0 Å². The van der Waals surface area contributed by atoms with Gasteiger partial charge in [0.1, 0.15) is 5.75 Å². The van der Waals surface area contributed by atoms with Crippen LogP contribution in [0.5, 0.6) is 11.5 Å². The van der Waals surface area contributed by atoms with Crippen molar-refractivity contribution in [1.82, 2.24) is 4.98 Å². The maximum atomic E-state index is 13.9. The van der Waals surface area contributed by atoms with Crippen molar-refractivity contribution in [2.75, 3.05) is 0 Å². The van der Waals surface area contributed by atoms with E-state index in [0.717, 1.165) is 23.1 Å². The van der Waals surface area contributed by atoms with Crippen LogP contribution < -0.4 is 4.74 Å². The summed E-state index contributed by atoms with van der Waals surface area (Å²) in [5.41, 5.74) is 0.580. The normalized spacial score (nSPS) is 16.6. The average molecular weight is 371 g/mol. The molecule has 1 aliphatic heterocycles. The van der Waals surface area contributed by atoms with Crippen LogP contribution in [0.25, 0.3) is 0 Å². The van der Waals surface area contributed by atoms with E-state index in [-0.39, 0.29) is 15.6 Å². The number of rotatable bonds is 3. The first-order valence-corrected chi connectivity index (χ1v) is 7.74. The Morgan fingerprint density at radius 3 is 2.95 bits per heavy atom. The fourth-order valence-corrected chi connectivity index (χ4v) is 3.81. The Hall–Kier alpha value is -1.67. The molecule has 1 unspecified atom stereocenters. The molecule has 21 heavy (non-hydrogen) atoms. The number of benzene rings is 1. The molecule has 1 aromatic heterocycles. The monoisotopic (exact) mass is 370 g/mol. The summed E-state index contributed by atoms with van der Waals surface area (Å²) in [4.78, 5) is 15.1. The zero-order valence-corrected chi connectivity index (χ0v) is 12.9. The number of hydrogen-bond acceptors (Lipinski definition) is 5. The topological polar surface area (TPSA) is 65.3 Å². The minimum atomic E-state index is -0.770. The van der Waals surface area contributed by atoms with Crippen molar-refractivity contribution in [2.24, 2.45) is 0 Å². The van der Waals surface area contributed by atoms with Crippen LogP contribution in [-0.4, -0.2) is 14.1 Å². The summed E-state index contributed by atoms with van der Waals surface area (Å²) < 4.78 is 19.6. The van der Waals surface area contributed by atoms with Gasteiger partial charge >= 0.3 is 0 Å². The summed E-state index contributed by atoms with van der Waals surface area (Å²) in [5, 5.41) is 10.6. The fourth-order valence-electron chi connectivity index (χ4n) is 1.95. The maximum absolute atomic E-state index is 13.9. The number of nitrogens with zero attached hydrogens (tertiary/aromatic N) is 2.